The summed E-state index contributed by atoms with van der Waals surface area (Å²) in [4.78, 5) is 16.8. The summed E-state index contributed by atoms with van der Waals surface area (Å²) in [5, 5.41) is 16.6. The second-order valence-electron chi connectivity index (χ2n) is 9.86. The lowest BCUT2D eigenvalue weighted by Crippen LogP contribution is -2.49. The Morgan fingerprint density at radius 1 is 1.26 bits per heavy atom. The van der Waals surface area contributed by atoms with E-state index in [-0.39, 0.29) is 0 Å². The van der Waals surface area contributed by atoms with Gasteiger partial charge in [0.2, 0.25) is 0 Å². The molecular formula is C30H45N7O. The van der Waals surface area contributed by atoms with Crippen LogP contribution in [0.5, 0.6) is 0 Å². The standard InChI is InChI=1S/C30H45N7O/c1-7-23(13-14-33-22(5)35-27(9-3)24(8-2)20-38-6)29-34-21(4)28(26(19-31)25-11-10-12-25)30(36-29)37-17-15-32-16-18-37/h7,9,13-14,19,24-25,31-32H,4,8,10-12,15-18,20H2,1-3,5-6H3,(H,33,35)/b14-13-,23-7-,27-9-,28-26-,31-19?. The molecule has 3 rings (SSSR count). The number of anilines is 1. The summed E-state index contributed by atoms with van der Waals surface area (Å²) in [5.41, 5.74) is 3.01. The molecule has 1 saturated heterocycles. The molecule has 0 bridgehead atoms. The summed E-state index contributed by atoms with van der Waals surface area (Å²) in [6.07, 6.45) is 13.7. The van der Waals surface area contributed by atoms with E-state index in [1.165, 1.54) is 12.6 Å². The van der Waals surface area contributed by atoms with Crippen LogP contribution in [-0.4, -0.2) is 61.9 Å². The zero-order valence-electron chi connectivity index (χ0n) is 23.8. The molecule has 0 aromatic carbocycles. The number of ether oxygens (including phenoxy) is 1. The van der Waals surface area contributed by atoms with Gasteiger partial charge in [0.05, 0.1) is 12.0 Å². The van der Waals surface area contributed by atoms with E-state index in [1.807, 2.05) is 32.9 Å². The Kier molecular flexibility index (Phi) is 11.4. The predicted octanol–water partition coefficient (Wildman–Crippen LogP) is 3.40. The molecule has 38 heavy (non-hydrogen) atoms. The first-order valence-corrected chi connectivity index (χ1v) is 13.8. The van der Waals surface area contributed by atoms with E-state index in [2.05, 4.69) is 40.1 Å². The van der Waals surface area contributed by atoms with E-state index >= 15 is 0 Å². The van der Waals surface area contributed by atoms with Crippen LogP contribution in [0.3, 0.4) is 0 Å². The number of allylic oxidation sites excluding steroid dienone is 4. The van der Waals surface area contributed by atoms with E-state index < -0.39 is 0 Å². The smallest absolute Gasteiger partial charge is 0.161 e. The zero-order valence-corrected chi connectivity index (χ0v) is 23.8. The molecule has 2 aliphatic rings. The summed E-state index contributed by atoms with van der Waals surface area (Å²) >= 11 is 0. The topological polar surface area (TPSA) is 98.5 Å². The molecular weight excluding hydrogens is 474 g/mol. The van der Waals surface area contributed by atoms with Crippen LogP contribution < -0.4 is 26.1 Å². The van der Waals surface area contributed by atoms with Crippen LogP contribution in [0.1, 0.15) is 59.2 Å². The lowest BCUT2D eigenvalue weighted by molar-refractivity contribution is 0.162. The van der Waals surface area contributed by atoms with Crippen molar-refractivity contribution in [3.05, 3.63) is 46.5 Å². The minimum Gasteiger partial charge on any atom is -0.384 e. The van der Waals surface area contributed by atoms with Crippen molar-refractivity contribution in [1.29, 1.82) is 5.41 Å². The number of aliphatic imine (C=N–C) groups is 1. The van der Waals surface area contributed by atoms with Gasteiger partial charge < -0.3 is 25.7 Å². The highest BCUT2D eigenvalue weighted by molar-refractivity contribution is 6.02. The highest BCUT2D eigenvalue weighted by atomic mass is 16.5. The highest BCUT2D eigenvalue weighted by Gasteiger charge is 2.25. The van der Waals surface area contributed by atoms with Crippen molar-refractivity contribution in [1.82, 2.24) is 20.6 Å². The Hall–Kier alpha value is -3.10. The molecule has 206 valence electrons. The molecule has 1 unspecified atom stereocenters. The molecule has 0 amide bonds. The fourth-order valence-electron chi connectivity index (χ4n) is 4.95. The Morgan fingerprint density at radius 2 is 2.00 bits per heavy atom. The molecule has 3 N–H and O–H groups in total. The first kappa shape index (κ1) is 29.5. The molecule has 1 aromatic rings. The maximum atomic E-state index is 8.17. The number of rotatable bonds is 11. The number of piperazine rings is 1. The van der Waals surface area contributed by atoms with Crippen LogP contribution in [0.2, 0.25) is 0 Å². The van der Waals surface area contributed by atoms with E-state index in [1.54, 1.807) is 13.3 Å². The Bertz CT molecular complexity index is 1190. The van der Waals surface area contributed by atoms with Gasteiger partial charge in [0.15, 0.2) is 5.82 Å². The molecule has 1 saturated carbocycles. The third-order valence-corrected chi connectivity index (χ3v) is 7.40. The average Bonchev–Trinajstić information content (AvgIpc) is 2.90. The molecule has 1 atom stereocenters. The zero-order chi connectivity index (χ0) is 27.5. The van der Waals surface area contributed by atoms with E-state index in [4.69, 9.17) is 20.1 Å². The average molecular weight is 520 g/mol. The molecule has 2 heterocycles. The first-order chi connectivity index (χ1) is 18.5. The minimum absolute atomic E-state index is 0.304. The van der Waals surface area contributed by atoms with Crippen molar-refractivity contribution in [2.45, 2.75) is 53.4 Å². The summed E-state index contributed by atoms with van der Waals surface area (Å²) < 4.78 is 5.37. The van der Waals surface area contributed by atoms with Gasteiger partial charge in [0.25, 0.3) is 0 Å². The molecule has 0 radical (unpaired) electrons. The monoisotopic (exact) mass is 519 g/mol. The Labute approximate surface area is 227 Å². The van der Waals surface area contributed by atoms with Gasteiger partial charge in [0.1, 0.15) is 11.7 Å². The maximum absolute atomic E-state index is 8.17. The summed E-state index contributed by atoms with van der Waals surface area (Å²) in [7, 11) is 1.73. The number of hydrogen-bond acceptors (Lipinski definition) is 7. The Balaban J connectivity index is 1.93. The van der Waals surface area contributed by atoms with Gasteiger partial charge in [0, 0.05) is 68.1 Å². The van der Waals surface area contributed by atoms with Crippen LogP contribution in [-0.2, 0) is 4.74 Å². The number of hydrogen-bond donors (Lipinski definition) is 3. The van der Waals surface area contributed by atoms with Crippen LogP contribution in [0.4, 0.5) is 5.82 Å². The van der Waals surface area contributed by atoms with Crippen molar-refractivity contribution in [3.8, 4) is 0 Å². The summed E-state index contributed by atoms with van der Waals surface area (Å²) in [6.45, 7) is 16.7. The highest BCUT2D eigenvalue weighted by Crippen LogP contribution is 2.32. The van der Waals surface area contributed by atoms with Crippen LogP contribution in [0, 0.1) is 17.2 Å². The lowest BCUT2D eigenvalue weighted by atomic mass is 9.79. The van der Waals surface area contributed by atoms with Crippen molar-refractivity contribution < 1.29 is 4.74 Å². The van der Waals surface area contributed by atoms with Gasteiger partial charge in [-0.3, -0.25) is 0 Å². The van der Waals surface area contributed by atoms with Crippen molar-refractivity contribution >= 4 is 35.6 Å². The van der Waals surface area contributed by atoms with Crippen molar-refractivity contribution in [2.75, 3.05) is 44.8 Å². The third kappa shape index (κ3) is 7.26. The fraction of sp³-hybridized carbons (Fsp3) is 0.533. The van der Waals surface area contributed by atoms with Gasteiger partial charge in [-0.25, -0.2) is 15.0 Å². The van der Waals surface area contributed by atoms with E-state index in [9.17, 15) is 0 Å². The summed E-state index contributed by atoms with van der Waals surface area (Å²) in [5.74, 6) is 3.03. The molecule has 8 heteroatoms. The number of nitrogens with zero attached hydrogens (tertiary/aromatic N) is 4. The van der Waals surface area contributed by atoms with Crippen LogP contribution in [0.25, 0.3) is 17.7 Å². The predicted molar refractivity (Wildman–Crippen MR) is 160 cm³/mol. The second-order valence-corrected chi connectivity index (χ2v) is 9.86. The van der Waals surface area contributed by atoms with Gasteiger partial charge in [-0.05, 0) is 57.6 Å². The summed E-state index contributed by atoms with van der Waals surface area (Å²) in [6, 6.07) is 0. The molecule has 0 spiro atoms. The van der Waals surface area contributed by atoms with Crippen LogP contribution >= 0.6 is 0 Å². The van der Waals surface area contributed by atoms with Crippen molar-refractivity contribution in [3.63, 3.8) is 0 Å². The van der Waals surface area contributed by atoms with E-state index in [0.717, 1.165) is 79.2 Å². The number of methoxy groups -OCH3 is 1. The maximum Gasteiger partial charge on any atom is 0.161 e. The molecule has 1 aliphatic carbocycles. The van der Waals surface area contributed by atoms with E-state index in [0.29, 0.717) is 29.6 Å². The molecule has 8 nitrogen and oxygen atoms in total. The molecule has 2 fully saturated rings. The fourth-order valence-corrected chi connectivity index (χ4v) is 4.95. The second kappa shape index (κ2) is 14.7. The SMILES string of the molecule is C=c1nc(C(/C=C\N=C(C)N/C(=C\C)C(CC)COC)=C\C)nc(N2CCNCC2)/c1=C(/C=N)C1CCC1. The largest absolute Gasteiger partial charge is 0.384 e. The number of aromatic nitrogens is 2. The van der Waals surface area contributed by atoms with Gasteiger partial charge in [-0.2, -0.15) is 0 Å². The normalized spacial score (nSPS) is 19.4. The number of amidine groups is 1. The van der Waals surface area contributed by atoms with Gasteiger partial charge >= 0.3 is 0 Å². The third-order valence-electron chi connectivity index (χ3n) is 7.40. The molecule has 1 aromatic heterocycles. The van der Waals surface area contributed by atoms with Gasteiger partial charge in [-0.15, -0.1) is 0 Å². The Morgan fingerprint density at radius 3 is 2.55 bits per heavy atom. The quantitative estimate of drug-likeness (QED) is 0.236. The number of nitrogens with one attached hydrogen (secondary N) is 3. The van der Waals surface area contributed by atoms with Crippen molar-refractivity contribution in [2.24, 2.45) is 16.8 Å². The van der Waals surface area contributed by atoms with Gasteiger partial charge in [-0.1, -0.05) is 32.1 Å². The molecule has 1 aliphatic heterocycles. The van der Waals surface area contributed by atoms with Crippen LogP contribution in [0.15, 0.2) is 35.1 Å². The first-order valence-electron chi connectivity index (χ1n) is 13.8. The lowest BCUT2D eigenvalue weighted by Gasteiger charge is -2.31. The minimum atomic E-state index is 0.304.